The fourth-order valence-corrected chi connectivity index (χ4v) is 4.73. The maximum absolute atomic E-state index is 12.8. The Kier molecular flexibility index (Phi) is 9.52. The zero-order valence-corrected chi connectivity index (χ0v) is 20.8. The maximum Gasteiger partial charge on any atom is 0.407 e. The average molecular weight is 495 g/mol. The molecular weight excluding hydrogens is 464 g/mol. The first-order chi connectivity index (χ1) is 15.9. The van der Waals surface area contributed by atoms with Crippen molar-refractivity contribution in [1.29, 1.82) is 0 Å². The molecule has 2 heterocycles. The van der Waals surface area contributed by atoms with Crippen LogP contribution >= 0.6 is 23.6 Å². The second-order valence-electron chi connectivity index (χ2n) is 8.25. The van der Waals surface area contributed by atoms with E-state index in [0.29, 0.717) is 60.9 Å². The van der Waals surface area contributed by atoms with Crippen molar-refractivity contribution in [3.8, 4) is 5.75 Å². The molecule has 1 unspecified atom stereocenters. The van der Waals surface area contributed by atoms with Crippen LogP contribution in [0.3, 0.4) is 0 Å². The van der Waals surface area contributed by atoms with Crippen LogP contribution in [0, 0.1) is 0 Å². The summed E-state index contributed by atoms with van der Waals surface area (Å²) < 4.78 is 16.4. The quantitative estimate of drug-likeness (QED) is 0.549. The van der Waals surface area contributed by atoms with Gasteiger partial charge in [0, 0.05) is 31.7 Å². The van der Waals surface area contributed by atoms with Gasteiger partial charge < -0.3 is 23.9 Å². The number of anilines is 1. The van der Waals surface area contributed by atoms with Crippen LogP contribution in [-0.4, -0.2) is 50.7 Å². The van der Waals surface area contributed by atoms with Crippen LogP contribution in [0.1, 0.15) is 38.2 Å². The molecule has 2 aliphatic rings. The Morgan fingerprint density at radius 2 is 2.12 bits per heavy atom. The highest BCUT2D eigenvalue weighted by atomic mass is 35.5. The molecule has 2 atom stereocenters. The number of carbonyl (C=O) groups excluding carboxylic acids is 2. The van der Waals surface area contributed by atoms with Crippen LogP contribution in [0.15, 0.2) is 35.9 Å². The molecule has 0 radical (unpaired) electrons. The van der Waals surface area contributed by atoms with Gasteiger partial charge in [-0.3, -0.25) is 4.79 Å². The van der Waals surface area contributed by atoms with Crippen molar-refractivity contribution in [3.63, 3.8) is 0 Å². The van der Waals surface area contributed by atoms with Gasteiger partial charge >= 0.3 is 6.09 Å². The molecule has 0 aromatic heterocycles. The summed E-state index contributed by atoms with van der Waals surface area (Å²) in [4.78, 5) is 26.2. The molecule has 4 bridgehead atoms. The molecule has 33 heavy (non-hydrogen) atoms. The monoisotopic (exact) mass is 494 g/mol. The number of alkyl carbamates (subject to hydrolysis) is 1. The van der Waals surface area contributed by atoms with Gasteiger partial charge in [-0.2, -0.15) is 0 Å². The van der Waals surface area contributed by atoms with Crippen LogP contribution in [0.4, 0.5) is 10.5 Å². The van der Waals surface area contributed by atoms with Gasteiger partial charge in [0.25, 0.3) is 0 Å². The van der Waals surface area contributed by atoms with Crippen molar-refractivity contribution in [2.75, 3.05) is 31.4 Å². The SMILES string of the molecule is COc1cc2cc(c1Cl)N(C)C(=O)CCCSOC[C@@H]1CC(C/C=C/C=C(\C)C2)NC(=O)O1. The predicted molar refractivity (Wildman–Crippen MR) is 132 cm³/mol. The Morgan fingerprint density at radius 1 is 1.30 bits per heavy atom. The van der Waals surface area contributed by atoms with Crippen molar-refractivity contribution in [2.45, 2.75) is 51.2 Å². The molecule has 1 aromatic carbocycles. The molecule has 7 nitrogen and oxygen atoms in total. The number of fused-ring (bicyclic) bond motifs is 4. The second-order valence-corrected chi connectivity index (χ2v) is 9.51. The van der Waals surface area contributed by atoms with Crippen molar-refractivity contribution in [2.24, 2.45) is 0 Å². The summed E-state index contributed by atoms with van der Waals surface area (Å²) >= 11 is 7.82. The second kappa shape index (κ2) is 12.3. The molecule has 0 spiro atoms. The van der Waals surface area contributed by atoms with E-state index in [1.165, 1.54) is 12.0 Å². The van der Waals surface area contributed by atoms with E-state index in [1.807, 2.05) is 37.3 Å². The van der Waals surface area contributed by atoms with E-state index in [4.69, 9.17) is 25.3 Å². The first-order valence-electron chi connectivity index (χ1n) is 11.0. The number of rotatable bonds is 1. The molecule has 1 N–H and O–H groups in total. The predicted octanol–water partition coefficient (Wildman–Crippen LogP) is 5.07. The third kappa shape index (κ3) is 7.42. The summed E-state index contributed by atoms with van der Waals surface area (Å²) in [5, 5.41) is 3.29. The highest BCUT2D eigenvalue weighted by Gasteiger charge is 2.27. The Hall–Kier alpha value is -2.16. The highest BCUT2D eigenvalue weighted by molar-refractivity contribution is 7.94. The van der Waals surface area contributed by atoms with E-state index in [-0.39, 0.29) is 18.1 Å². The smallest absolute Gasteiger partial charge is 0.407 e. The van der Waals surface area contributed by atoms with E-state index < -0.39 is 6.09 Å². The minimum atomic E-state index is -0.409. The van der Waals surface area contributed by atoms with Crippen LogP contribution in [0.25, 0.3) is 0 Å². The van der Waals surface area contributed by atoms with Crippen molar-refractivity contribution in [1.82, 2.24) is 5.32 Å². The summed E-state index contributed by atoms with van der Waals surface area (Å²) in [6.07, 6.45) is 8.53. The van der Waals surface area contributed by atoms with Crippen LogP contribution in [-0.2, 0) is 20.1 Å². The standard InChI is InChI=1S/C24H31ClN2O5S/c1-16-7-4-5-8-18-14-19(32-24(29)26-18)15-31-33-10-6-9-22(28)27(2)20-12-17(11-16)13-21(30-3)23(20)25/h4-5,7,12-13,18-19H,6,8-11,14-15H2,1-3H3,(H,26,29)/b5-4+,16-7+/t18?,19-/m0/s1. The normalized spacial score (nSPS) is 25.8. The Morgan fingerprint density at radius 3 is 2.91 bits per heavy atom. The summed E-state index contributed by atoms with van der Waals surface area (Å²) in [7, 11) is 3.30. The van der Waals surface area contributed by atoms with Crippen LogP contribution < -0.4 is 15.0 Å². The fraction of sp³-hybridized carbons (Fsp3) is 0.500. The number of halogens is 1. The first-order valence-corrected chi connectivity index (χ1v) is 12.3. The summed E-state index contributed by atoms with van der Waals surface area (Å²) in [6.45, 7) is 2.38. The number of nitrogens with one attached hydrogen (secondary N) is 1. The zero-order valence-electron chi connectivity index (χ0n) is 19.3. The van der Waals surface area contributed by atoms with E-state index in [2.05, 4.69) is 5.32 Å². The number of hydrogen-bond acceptors (Lipinski definition) is 6. The third-order valence-electron chi connectivity index (χ3n) is 5.55. The largest absolute Gasteiger partial charge is 0.495 e. The number of hydrogen-bond donors (Lipinski definition) is 1. The van der Waals surface area contributed by atoms with Gasteiger partial charge in [-0.05, 0) is 55.9 Å². The minimum Gasteiger partial charge on any atom is -0.495 e. The molecule has 1 saturated heterocycles. The Bertz CT molecular complexity index is 920. The molecule has 3 rings (SSSR count). The van der Waals surface area contributed by atoms with Gasteiger partial charge in [0.1, 0.15) is 16.9 Å². The molecule has 2 aliphatic heterocycles. The number of amides is 2. The molecule has 2 amide bonds. The molecule has 0 saturated carbocycles. The Balaban J connectivity index is 1.82. The van der Waals surface area contributed by atoms with E-state index in [1.54, 1.807) is 19.1 Å². The van der Waals surface area contributed by atoms with Gasteiger partial charge in [0.2, 0.25) is 5.91 Å². The first kappa shape index (κ1) is 25.5. The van der Waals surface area contributed by atoms with Gasteiger partial charge in [0.15, 0.2) is 0 Å². The van der Waals surface area contributed by atoms with Crippen LogP contribution in [0.5, 0.6) is 5.75 Å². The van der Waals surface area contributed by atoms with Gasteiger partial charge in [-0.1, -0.05) is 35.4 Å². The number of ether oxygens (including phenoxy) is 2. The van der Waals surface area contributed by atoms with E-state index in [0.717, 1.165) is 11.1 Å². The molecule has 0 aliphatic carbocycles. The van der Waals surface area contributed by atoms with E-state index in [9.17, 15) is 9.59 Å². The lowest BCUT2D eigenvalue weighted by molar-refractivity contribution is -0.118. The summed E-state index contributed by atoms with van der Waals surface area (Å²) in [6, 6.07) is 3.86. The van der Waals surface area contributed by atoms with Crippen molar-refractivity contribution in [3.05, 3.63) is 46.5 Å². The fourth-order valence-electron chi connectivity index (χ4n) is 3.79. The number of allylic oxidation sites excluding steroid dienone is 3. The molecule has 1 aromatic rings. The molecule has 1 fully saturated rings. The number of methoxy groups -OCH3 is 1. The Labute approximate surface area is 204 Å². The molecular formula is C24H31ClN2O5S. The van der Waals surface area contributed by atoms with Crippen molar-refractivity contribution >= 4 is 41.3 Å². The number of benzene rings is 1. The van der Waals surface area contributed by atoms with E-state index >= 15 is 0 Å². The summed E-state index contributed by atoms with van der Waals surface area (Å²) in [5.74, 6) is 1.17. The lowest BCUT2D eigenvalue weighted by Gasteiger charge is -2.29. The van der Waals surface area contributed by atoms with Crippen LogP contribution in [0.2, 0.25) is 5.02 Å². The minimum absolute atomic E-state index is 0.0108. The molecule has 180 valence electrons. The van der Waals surface area contributed by atoms with Gasteiger partial charge in [0.05, 0.1) is 19.4 Å². The third-order valence-corrected chi connectivity index (χ3v) is 6.69. The average Bonchev–Trinajstić information content (AvgIpc) is 2.78. The number of nitrogens with zero attached hydrogens (tertiary/aromatic N) is 1. The maximum atomic E-state index is 12.8. The summed E-state index contributed by atoms with van der Waals surface area (Å²) in [5.41, 5.74) is 2.79. The van der Waals surface area contributed by atoms with Gasteiger partial charge in [-0.25, -0.2) is 4.79 Å². The number of carbonyl (C=O) groups is 2. The van der Waals surface area contributed by atoms with Crippen molar-refractivity contribution < 1.29 is 23.2 Å². The lowest BCUT2D eigenvalue weighted by Crippen LogP contribution is -2.46. The van der Waals surface area contributed by atoms with Gasteiger partial charge in [-0.15, -0.1) is 0 Å². The highest BCUT2D eigenvalue weighted by Crippen LogP contribution is 2.36. The molecule has 9 heteroatoms. The lowest BCUT2D eigenvalue weighted by atomic mass is 10.0. The zero-order chi connectivity index (χ0) is 23.8. The topological polar surface area (TPSA) is 77.1 Å².